The van der Waals surface area contributed by atoms with E-state index in [4.69, 9.17) is 4.74 Å². The Morgan fingerprint density at radius 1 is 1.50 bits per heavy atom. The van der Waals surface area contributed by atoms with E-state index in [1.54, 1.807) is 7.11 Å². The van der Waals surface area contributed by atoms with Crippen molar-refractivity contribution in [3.63, 3.8) is 0 Å². The van der Waals surface area contributed by atoms with Crippen LogP contribution in [0.1, 0.15) is 36.8 Å². The molecule has 1 aromatic rings. The number of nitrogens with zero attached hydrogens (tertiary/aromatic N) is 1. The van der Waals surface area contributed by atoms with E-state index in [1.165, 1.54) is 23.4 Å². The lowest BCUT2D eigenvalue weighted by Crippen LogP contribution is -2.13. The summed E-state index contributed by atoms with van der Waals surface area (Å²) in [6.45, 7) is 6.19. The van der Waals surface area contributed by atoms with Gasteiger partial charge in [0.2, 0.25) is 0 Å². The monoisotopic (exact) mass is 240 g/mol. The third-order valence-corrected chi connectivity index (χ3v) is 4.12. The van der Waals surface area contributed by atoms with Crippen molar-refractivity contribution in [3.05, 3.63) is 10.6 Å². The summed E-state index contributed by atoms with van der Waals surface area (Å²) in [6, 6.07) is 0. The smallest absolute Gasteiger partial charge is 0.183 e. The quantitative estimate of drug-likeness (QED) is 0.822. The number of aromatic nitrogens is 1. The van der Waals surface area contributed by atoms with Crippen LogP contribution in [0.15, 0.2) is 0 Å². The molecule has 16 heavy (non-hydrogen) atoms. The highest BCUT2D eigenvalue weighted by Crippen LogP contribution is 2.38. The molecule has 2 rings (SSSR count). The first-order chi connectivity index (χ1) is 7.70. The third-order valence-electron chi connectivity index (χ3n) is 3.07. The number of nitrogens with one attached hydrogen (secondary N) is 1. The van der Waals surface area contributed by atoms with E-state index in [0.717, 1.165) is 24.2 Å². The van der Waals surface area contributed by atoms with Crippen molar-refractivity contribution < 1.29 is 4.74 Å². The van der Waals surface area contributed by atoms with Gasteiger partial charge < -0.3 is 10.1 Å². The van der Waals surface area contributed by atoms with Gasteiger partial charge in [-0.2, -0.15) is 0 Å². The molecule has 0 radical (unpaired) electrons. The van der Waals surface area contributed by atoms with Gasteiger partial charge in [-0.15, -0.1) is 11.3 Å². The maximum absolute atomic E-state index is 5.02. The highest BCUT2D eigenvalue weighted by atomic mass is 32.1. The molecule has 0 fully saturated rings. The van der Waals surface area contributed by atoms with Gasteiger partial charge in [0, 0.05) is 18.5 Å². The van der Waals surface area contributed by atoms with Crippen molar-refractivity contribution in [2.75, 3.05) is 25.6 Å². The first-order valence-corrected chi connectivity index (χ1v) is 6.74. The molecule has 0 saturated carbocycles. The molecule has 0 bridgehead atoms. The highest BCUT2D eigenvalue weighted by molar-refractivity contribution is 7.15. The van der Waals surface area contributed by atoms with Crippen molar-refractivity contribution >= 4 is 16.5 Å². The van der Waals surface area contributed by atoms with E-state index in [-0.39, 0.29) is 0 Å². The maximum Gasteiger partial charge on any atom is 0.183 e. The predicted octanol–water partition coefficient (Wildman–Crippen LogP) is 2.89. The van der Waals surface area contributed by atoms with Crippen LogP contribution >= 0.6 is 11.3 Å². The Bertz CT molecular complexity index is 351. The van der Waals surface area contributed by atoms with Crippen molar-refractivity contribution in [2.24, 2.45) is 5.92 Å². The zero-order chi connectivity index (χ0) is 11.5. The molecule has 0 aromatic carbocycles. The molecular formula is C12H20N2OS. The van der Waals surface area contributed by atoms with Gasteiger partial charge in [-0.05, 0) is 24.7 Å². The maximum atomic E-state index is 5.02. The van der Waals surface area contributed by atoms with Crippen LogP contribution in [0.3, 0.4) is 0 Å². The molecule has 1 aliphatic rings. The van der Waals surface area contributed by atoms with Gasteiger partial charge in [0.15, 0.2) is 5.13 Å². The summed E-state index contributed by atoms with van der Waals surface area (Å²) < 4.78 is 5.02. The SMILES string of the molecule is COCCNc1nc2c(s1)CC(C)CC2C. The van der Waals surface area contributed by atoms with E-state index in [0.29, 0.717) is 5.92 Å². The summed E-state index contributed by atoms with van der Waals surface area (Å²) >= 11 is 1.82. The molecule has 3 nitrogen and oxygen atoms in total. The fraction of sp³-hybridized carbons (Fsp3) is 0.750. The Morgan fingerprint density at radius 2 is 2.31 bits per heavy atom. The number of rotatable bonds is 4. The number of hydrogen-bond acceptors (Lipinski definition) is 4. The van der Waals surface area contributed by atoms with Crippen LogP contribution in [0.25, 0.3) is 0 Å². The minimum atomic E-state index is 0.618. The number of ether oxygens (including phenoxy) is 1. The van der Waals surface area contributed by atoms with Gasteiger partial charge >= 0.3 is 0 Å². The number of fused-ring (bicyclic) bond motifs is 1. The van der Waals surface area contributed by atoms with Crippen LogP contribution in [-0.2, 0) is 11.2 Å². The molecule has 90 valence electrons. The minimum absolute atomic E-state index is 0.618. The number of thiazole rings is 1. The first kappa shape index (κ1) is 11.9. The summed E-state index contributed by atoms with van der Waals surface area (Å²) in [5.74, 6) is 1.42. The lowest BCUT2D eigenvalue weighted by atomic mass is 9.85. The average molecular weight is 240 g/mol. The molecule has 1 heterocycles. The fourth-order valence-electron chi connectivity index (χ4n) is 2.35. The fourth-order valence-corrected chi connectivity index (χ4v) is 3.62. The van der Waals surface area contributed by atoms with Gasteiger partial charge in [-0.1, -0.05) is 13.8 Å². The number of hydrogen-bond donors (Lipinski definition) is 1. The highest BCUT2D eigenvalue weighted by Gasteiger charge is 2.25. The van der Waals surface area contributed by atoms with Gasteiger partial charge in [-0.25, -0.2) is 4.98 Å². The van der Waals surface area contributed by atoms with Crippen LogP contribution in [0.5, 0.6) is 0 Å². The number of methoxy groups -OCH3 is 1. The molecule has 0 spiro atoms. The lowest BCUT2D eigenvalue weighted by Gasteiger charge is -2.22. The Hall–Kier alpha value is -0.610. The Morgan fingerprint density at radius 3 is 3.06 bits per heavy atom. The predicted molar refractivity (Wildman–Crippen MR) is 68.4 cm³/mol. The summed E-state index contributed by atoms with van der Waals surface area (Å²) in [7, 11) is 1.72. The lowest BCUT2D eigenvalue weighted by molar-refractivity contribution is 0.211. The second-order valence-electron chi connectivity index (χ2n) is 4.69. The molecule has 4 heteroatoms. The number of anilines is 1. The van der Waals surface area contributed by atoms with Crippen molar-refractivity contribution in [1.82, 2.24) is 4.98 Å². The van der Waals surface area contributed by atoms with E-state index >= 15 is 0 Å². The molecule has 2 atom stereocenters. The van der Waals surface area contributed by atoms with Crippen LogP contribution in [0, 0.1) is 5.92 Å². The van der Waals surface area contributed by atoms with E-state index < -0.39 is 0 Å². The minimum Gasteiger partial charge on any atom is -0.383 e. The Balaban J connectivity index is 2.05. The molecule has 0 saturated heterocycles. The van der Waals surface area contributed by atoms with Crippen molar-refractivity contribution in [2.45, 2.75) is 32.6 Å². The first-order valence-electron chi connectivity index (χ1n) is 5.93. The van der Waals surface area contributed by atoms with Gasteiger partial charge in [-0.3, -0.25) is 0 Å². The molecule has 2 unspecified atom stereocenters. The van der Waals surface area contributed by atoms with Crippen LogP contribution in [0.4, 0.5) is 5.13 Å². The van der Waals surface area contributed by atoms with E-state index in [9.17, 15) is 0 Å². The molecule has 1 aromatic heterocycles. The second kappa shape index (κ2) is 5.15. The molecule has 1 aliphatic carbocycles. The molecule has 1 N–H and O–H groups in total. The summed E-state index contributed by atoms with van der Waals surface area (Å²) in [6.07, 6.45) is 2.47. The Kier molecular flexibility index (Phi) is 3.82. The normalized spacial score (nSPS) is 24.2. The van der Waals surface area contributed by atoms with Gasteiger partial charge in [0.25, 0.3) is 0 Å². The summed E-state index contributed by atoms with van der Waals surface area (Å²) in [5.41, 5.74) is 1.32. The summed E-state index contributed by atoms with van der Waals surface area (Å²) in [5, 5.41) is 4.38. The molecular weight excluding hydrogens is 220 g/mol. The van der Waals surface area contributed by atoms with Crippen molar-refractivity contribution in [3.8, 4) is 0 Å². The largest absolute Gasteiger partial charge is 0.383 e. The zero-order valence-electron chi connectivity index (χ0n) is 10.2. The second-order valence-corrected chi connectivity index (χ2v) is 5.78. The summed E-state index contributed by atoms with van der Waals surface area (Å²) in [4.78, 5) is 6.17. The topological polar surface area (TPSA) is 34.1 Å². The average Bonchev–Trinajstić information content (AvgIpc) is 2.61. The van der Waals surface area contributed by atoms with Crippen LogP contribution in [0.2, 0.25) is 0 Å². The molecule has 0 amide bonds. The zero-order valence-corrected chi connectivity index (χ0v) is 11.1. The van der Waals surface area contributed by atoms with Gasteiger partial charge in [0.1, 0.15) is 0 Å². The molecule has 0 aliphatic heterocycles. The van der Waals surface area contributed by atoms with E-state index in [1.807, 2.05) is 11.3 Å². The Labute approximate surface area is 101 Å². The van der Waals surface area contributed by atoms with Crippen molar-refractivity contribution in [1.29, 1.82) is 0 Å². The third kappa shape index (κ3) is 2.55. The van der Waals surface area contributed by atoms with Crippen LogP contribution < -0.4 is 5.32 Å². The standard InChI is InChI=1S/C12H20N2OS/c1-8-6-9(2)11-10(7-8)16-12(14-11)13-4-5-15-3/h8-9H,4-7H2,1-3H3,(H,13,14). The van der Waals surface area contributed by atoms with Gasteiger partial charge in [0.05, 0.1) is 12.3 Å². The van der Waals surface area contributed by atoms with Crippen LogP contribution in [-0.4, -0.2) is 25.2 Å². The van der Waals surface area contributed by atoms with E-state index in [2.05, 4.69) is 24.1 Å².